The molecule has 2 aromatic rings. The number of piperazine rings is 1. The maximum absolute atomic E-state index is 3.77. The predicted octanol–water partition coefficient (Wildman–Crippen LogP) is 3.44. The summed E-state index contributed by atoms with van der Waals surface area (Å²) in [5, 5.41) is 7.54. The van der Waals surface area contributed by atoms with Crippen molar-refractivity contribution in [1.29, 1.82) is 0 Å². The first-order valence-electron chi connectivity index (χ1n) is 7.37. The van der Waals surface area contributed by atoms with Gasteiger partial charge in [0.05, 0.1) is 12.1 Å². The summed E-state index contributed by atoms with van der Waals surface area (Å²) in [7, 11) is 0. The molecule has 0 aromatic heterocycles. The van der Waals surface area contributed by atoms with Crippen molar-refractivity contribution in [2.45, 2.75) is 38.0 Å². The number of nitrogens with one attached hydrogen (secondary N) is 2. The molecule has 20 heavy (non-hydrogen) atoms. The van der Waals surface area contributed by atoms with E-state index < -0.39 is 0 Å². The molecule has 1 aliphatic rings. The van der Waals surface area contributed by atoms with Crippen LogP contribution < -0.4 is 10.6 Å². The molecule has 1 fully saturated rings. The lowest BCUT2D eigenvalue weighted by molar-refractivity contribution is 0.230. The molecule has 0 bridgehead atoms. The minimum atomic E-state index is 0.310. The van der Waals surface area contributed by atoms with E-state index in [2.05, 4.69) is 85.1 Å². The van der Waals surface area contributed by atoms with Crippen molar-refractivity contribution < 1.29 is 0 Å². The second kappa shape index (κ2) is 5.78. The minimum Gasteiger partial charge on any atom is -0.304 e. The second-order valence-electron chi connectivity index (χ2n) is 5.69. The summed E-state index contributed by atoms with van der Waals surface area (Å²) in [5.41, 5.74) is 2.68. The number of hydrogen-bond acceptors (Lipinski definition) is 2. The summed E-state index contributed by atoms with van der Waals surface area (Å²) in [6, 6.07) is 23.0. The average molecular weight is 266 g/mol. The lowest BCUT2D eigenvalue weighted by Gasteiger charge is -2.42. The van der Waals surface area contributed by atoms with E-state index in [0.717, 1.165) is 0 Å². The van der Waals surface area contributed by atoms with Crippen molar-refractivity contribution in [3.63, 3.8) is 0 Å². The first kappa shape index (κ1) is 13.3. The molecular weight excluding hydrogens is 244 g/mol. The summed E-state index contributed by atoms with van der Waals surface area (Å²) in [6.07, 6.45) is 0. The van der Waals surface area contributed by atoms with Crippen LogP contribution >= 0.6 is 0 Å². The Balaban J connectivity index is 1.95. The lowest BCUT2D eigenvalue weighted by Crippen LogP contribution is -2.56. The fourth-order valence-electron chi connectivity index (χ4n) is 2.95. The van der Waals surface area contributed by atoms with Gasteiger partial charge >= 0.3 is 0 Å². The van der Waals surface area contributed by atoms with Gasteiger partial charge in [-0.1, -0.05) is 60.7 Å². The summed E-state index contributed by atoms with van der Waals surface area (Å²) in [6.45, 7) is 4.49. The first-order chi connectivity index (χ1) is 9.75. The van der Waals surface area contributed by atoms with Gasteiger partial charge in [0.15, 0.2) is 0 Å². The lowest BCUT2D eigenvalue weighted by atomic mass is 9.88. The van der Waals surface area contributed by atoms with Gasteiger partial charge in [-0.05, 0) is 25.0 Å². The molecule has 2 heteroatoms. The molecule has 1 aliphatic heterocycles. The van der Waals surface area contributed by atoms with Crippen LogP contribution in [0.4, 0.5) is 0 Å². The Morgan fingerprint density at radius 3 is 1.30 bits per heavy atom. The third-order valence-corrected chi connectivity index (χ3v) is 4.29. The van der Waals surface area contributed by atoms with Crippen LogP contribution in [0.5, 0.6) is 0 Å². The molecule has 1 saturated heterocycles. The zero-order chi connectivity index (χ0) is 13.9. The molecular formula is C18H22N2. The van der Waals surface area contributed by atoms with E-state index >= 15 is 0 Å². The summed E-state index contributed by atoms with van der Waals surface area (Å²) in [5.74, 6) is 0. The van der Waals surface area contributed by atoms with E-state index in [1.54, 1.807) is 0 Å². The Morgan fingerprint density at radius 1 is 0.600 bits per heavy atom. The van der Waals surface area contributed by atoms with Gasteiger partial charge < -0.3 is 10.6 Å². The van der Waals surface area contributed by atoms with Crippen molar-refractivity contribution in [2.75, 3.05) is 0 Å². The summed E-state index contributed by atoms with van der Waals surface area (Å²) < 4.78 is 0. The predicted molar refractivity (Wildman–Crippen MR) is 83.6 cm³/mol. The Labute approximate surface area is 121 Å². The Bertz CT molecular complexity index is 486. The Kier molecular flexibility index (Phi) is 3.86. The maximum atomic E-state index is 3.77. The zero-order valence-corrected chi connectivity index (χ0v) is 12.1. The Hall–Kier alpha value is -1.64. The standard InChI is InChI=1S/C18H22N2/c1-13-14(2)20-18(16-11-7-4-8-12-16)17(19-13)15-9-5-3-6-10-15/h3-14,17-20H,1-2H3/t13-,14+,17-,18-/m1/s1. The number of hydrogen-bond donors (Lipinski definition) is 2. The van der Waals surface area contributed by atoms with Crippen molar-refractivity contribution in [3.05, 3.63) is 71.8 Å². The molecule has 2 aromatic carbocycles. The van der Waals surface area contributed by atoms with Gasteiger partial charge in [0.1, 0.15) is 0 Å². The number of benzene rings is 2. The van der Waals surface area contributed by atoms with Crippen LogP contribution in [0, 0.1) is 0 Å². The van der Waals surface area contributed by atoms with E-state index in [1.165, 1.54) is 11.1 Å². The monoisotopic (exact) mass is 266 g/mol. The van der Waals surface area contributed by atoms with E-state index in [4.69, 9.17) is 0 Å². The highest BCUT2D eigenvalue weighted by atomic mass is 15.1. The summed E-state index contributed by atoms with van der Waals surface area (Å²) >= 11 is 0. The van der Waals surface area contributed by atoms with Crippen molar-refractivity contribution >= 4 is 0 Å². The van der Waals surface area contributed by atoms with Gasteiger partial charge in [-0.15, -0.1) is 0 Å². The van der Waals surface area contributed by atoms with Gasteiger partial charge in [0.2, 0.25) is 0 Å². The van der Waals surface area contributed by atoms with Crippen LogP contribution in [0.3, 0.4) is 0 Å². The highest BCUT2D eigenvalue weighted by Gasteiger charge is 2.33. The van der Waals surface area contributed by atoms with Crippen LogP contribution in [-0.4, -0.2) is 12.1 Å². The average Bonchev–Trinajstić information content (AvgIpc) is 2.51. The third kappa shape index (κ3) is 2.62. The van der Waals surface area contributed by atoms with Crippen molar-refractivity contribution in [3.8, 4) is 0 Å². The second-order valence-corrected chi connectivity index (χ2v) is 5.69. The third-order valence-electron chi connectivity index (χ3n) is 4.29. The van der Waals surface area contributed by atoms with Crippen LogP contribution in [0.1, 0.15) is 37.1 Å². The molecule has 2 nitrogen and oxygen atoms in total. The fraction of sp³-hybridized carbons (Fsp3) is 0.333. The molecule has 3 rings (SSSR count). The highest BCUT2D eigenvalue weighted by molar-refractivity contribution is 5.29. The van der Waals surface area contributed by atoms with Gasteiger partial charge in [-0.3, -0.25) is 0 Å². The van der Waals surface area contributed by atoms with Gasteiger partial charge in [0.25, 0.3) is 0 Å². The van der Waals surface area contributed by atoms with Crippen LogP contribution in [0.15, 0.2) is 60.7 Å². The number of rotatable bonds is 2. The van der Waals surface area contributed by atoms with Crippen molar-refractivity contribution in [1.82, 2.24) is 10.6 Å². The van der Waals surface area contributed by atoms with Crippen molar-refractivity contribution in [2.24, 2.45) is 0 Å². The fourth-order valence-corrected chi connectivity index (χ4v) is 2.95. The van der Waals surface area contributed by atoms with Crippen LogP contribution in [-0.2, 0) is 0 Å². The molecule has 4 atom stereocenters. The largest absolute Gasteiger partial charge is 0.304 e. The molecule has 0 amide bonds. The molecule has 0 spiro atoms. The molecule has 1 heterocycles. The first-order valence-corrected chi connectivity index (χ1v) is 7.37. The maximum Gasteiger partial charge on any atom is 0.0520 e. The zero-order valence-electron chi connectivity index (χ0n) is 12.1. The molecule has 0 radical (unpaired) electrons. The van der Waals surface area contributed by atoms with Crippen LogP contribution in [0.2, 0.25) is 0 Å². The normalized spacial score (nSPS) is 30.1. The minimum absolute atomic E-state index is 0.310. The van der Waals surface area contributed by atoms with E-state index in [9.17, 15) is 0 Å². The SMILES string of the molecule is C[C@@H]1N[C@H](c2ccccc2)[C@@H](c2ccccc2)N[C@@H]1C. The molecule has 104 valence electrons. The van der Waals surface area contributed by atoms with Crippen LogP contribution in [0.25, 0.3) is 0 Å². The smallest absolute Gasteiger partial charge is 0.0520 e. The topological polar surface area (TPSA) is 24.1 Å². The quantitative estimate of drug-likeness (QED) is 0.870. The Morgan fingerprint density at radius 2 is 0.950 bits per heavy atom. The summed E-state index contributed by atoms with van der Waals surface area (Å²) in [4.78, 5) is 0. The van der Waals surface area contributed by atoms with E-state index in [1.807, 2.05) is 0 Å². The van der Waals surface area contributed by atoms with Gasteiger partial charge in [-0.25, -0.2) is 0 Å². The molecule has 0 saturated carbocycles. The molecule has 2 N–H and O–H groups in total. The van der Waals surface area contributed by atoms with Gasteiger partial charge in [-0.2, -0.15) is 0 Å². The van der Waals surface area contributed by atoms with E-state index in [-0.39, 0.29) is 0 Å². The highest BCUT2D eigenvalue weighted by Crippen LogP contribution is 2.32. The van der Waals surface area contributed by atoms with Gasteiger partial charge in [0, 0.05) is 12.1 Å². The van der Waals surface area contributed by atoms with E-state index in [0.29, 0.717) is 24.2 Å². The molecule has 0 unspecified atom stereocenters. The molecule has 0 aliphatic carbocycles.